The van der Waals surface area contributed by atoms with Crippen molar-refractivity contribution in [2.75, 3.05) is 0 Å². The lowest BCUT2D eigenvalue weighted by atomic mass is 10.0. The highest BCUT2D eigenvalue weighted by molar-refractivity contribution is 5.68. The fourth-order valence-corrected chi connectivity index (χ4v) is 4.76. The molecule has 12 nitrogen and oxygen atoms in total. The molecular formula is C34H44N2O10. The molecule has 2 aliphatic rings. The standard InChI is InChI=1S/C19H25NO7.C15H19NO3/c1-12(20-19(23)24-11-15-7-5-4-6-8-15)16-9-10-17(25-13(2)21)18(27-16)26-14(3)22;1-12(14-9-5-6-10-18-14)16-15(17)19-11-13-7-3-2-4-8-13/h4-8,12,16-18H,9-11H2,1-3H3,(H,20,23);2-4,6-8,10,12,14H,5,9,11H2,1H3,(H,16,17)/t12-,16+,17?,18?;12-,14+/m11/s1. The number of ether oxygens (including phenoxy) is 6. The van der Waals surface area contributed by atoms with Crippen molar-refractivity contribution in [3.63, 3.8) is 0 Å². The molecule has 0 bridgehead atoms. The second-order valence-electron chi connectivity index (χ2n) is 11.0. The topological polar surface area (TPSA) is 148 Å². The van der Waals surface area contributed by atoms with E-state index in [0.717, 1.165) is 24.0 Å². The van der Waals surface area contributed by atoms with E-state index in [1.165, 1.54) is 13.8 Å². The number of carbonyl (C=O) groups excluding carboxylic acids is 4. The number of carbonyl (C=O) groups is 4. The smallest absolute Gasteiger partial charge is 0.407 e. The van der Waals surface area contributed by atoms with Crippen LogP contribution in [0.3, 0.4) is 0 Å². The lowest BCUT2D eigenvalue weighted by Gasteiger charge is -2.37. The number of alkyl carbamates (subject to hydrolysis) is 2. The van der Waals surface area contributed by atoms with Crippen molar-refractivity contribution in [3.05, 3.63) is 84.1 Å². The van der Waals surface area contributed by atoms with Crippen LogP contribution in [0.1, 0.15) is 64.5 Å². The largest absolute Gasteiger partial charge is 0.496 e. The average Bonchev–Trinajstić information content (AvgIpc) is 3.05. The van der Waals surface area contributed by atoms with Gasteiger partial charge in [0.2, 0.25) is 6.29 Å². The Morgan fingerprint density at radius 3 is 1.74 bits per heavy atom. The summed E-state index contributed by atoms with van der Waals surface area (Å²) in [6.07, 6.45) is 3.51. The van der Waals surface area contributed by atoms with Gasteiger partial charge in [-0.3, -0.25) is 9.59 Å². The summed E-state index contributed by atoms with van der Waals surface area (Å²) in [6.45, 7) is 6.67. The molecule has 2 N–H and O–H groups in total. The number of allylic oxidation sites excluding steroid dienone is 1. The lowest BCUT2D eigenvalue weighted by molar-refractivity contribution is -0.244. The molecule has 1 fully saturated rings. The van der Waals surface area contributed by atoms with Crippen LogP contribution in [-0.2, 0) is 51.2 Å². The zero-order valence-electron chi connectivity index (χ0n) is 26.7. The fourth-order valence-electron chi connectivity index (χ4n) is 4.76. The lowest BCUT2D eigenvalue weighted by Crippen LogP contribution is -2.51. The SMILES string of the molecule is CC(=O)OC1CC[C@@H]([C@@H](C)NC(=O)OCc2ccccc2)OC1OC(C)=O.C[C@@H](NC(=O)OCc1ccccc1)[C@@H]1CCC=CO1. The zero-order valence-corrected chi connectivity index (χ0v) is 26.7. The van der Waals surface area contributed by atoms with Gasteiger partial charge in [-0.15, -0.1) is 0 Å². The Balaban J connectivity index is 0.000000266. The number of benzene rings is 2. The summed E-state index contributed by atoms with van der Waals surface area (Å²) in [5, 5.41) is 5.51. The van der Waals surface area contributed by atoms with Gasteiger partial charge in [-0.1, -0.05) is 60.7 Å². The molecule has 2 amide bonds. The molecule has 2 aliphatic heterocycles. The van der Waals surface area contributed by atoms with Crippen LogP contribution in [0, 0.1) is 0 Å². The Bertz CT molecular complexity index is 1270. The van der Waals surface area contributed by atoms with Gasteiger partial charge in [-0.25, -0.2) is 9.59 Å². The van der Waals surface area contributed by atoms with E-state index in [1.54, 1.807) is 13.2 Å². The highest BCUT2D eigenvalue weighted by Crippen LogP contribution is 2.25. The average molecular weight is 641 g/mol. The summed E-state index contributed by atoms with van der Waals surface area (Å²) in [5.41, 5.74) is 1.86. The van der Waals surface area contributed by atoms with Crippen molar-refractivity contribution in [1.82, 2.24) is 10.6 Å². The summed E-state index contributed by atoms with van der Waals surface area (Å²) < 4.78 is 31.8. The van der Waals surface area contributed by atoms with E-state index in [2.05, 4.69) is 10.6 Å². The maximum Gasteiger partial charge on any atom is 0.407 e. The number of hydrogen-bond acceptors (Lipinski definition) is 10. The molecule has 1 saturated heterocycles. The Morgan fingerprint density at radius 2 is 1.26 bits per heavy atom. The molecule has 0 saturated carbocycles. The van der Waals surface area contributed by atoms with E-state index < -0.39 is 42.6 Å². The Kier molecular flexibility index (Phi) is 14.9. The molecule has 0 spiro atoms. The van der Waals surface area contributed by atoms with Crippen LogP contribution in [-0.4, -0.2) is 60.8 Å². The highest BCUT2D eigenvalue weighted by atomic mass is 16.7. The zero-order chi connectivity index (χ0) is 33.3. The van der Waals surface area contributed by atoms with E-state index in [4.69, 9.17) is 28.4 Å². The molecule has 2 aromatic carbocycles. The van der Waals surface area contributed by atoms with Gasteiger partial charge in [0.15, 0.2) is 6.10 Å². The monoisotopic (exact) mass is 640 g/mol. The number of amides is 2. The van der Waals surface area contributed by atoms with Gasteiger partial charge >= 0.3 is 24.1 Å². The van der Waals surface area contributed by atoms with Crippen LogP contribution in [0.2, 0.25) is 0 Å². The van der Waals surface area contributed by atoms with Crippen molar-refractivity contribution in [3.8, 4) is 0 Å². The van der Waals surface area contributed by atoms with Gasteiger partial charge in [0.1, 0.15) is 19.3 Å². The second-order valence-corrected chi connectivity index (χ2v) is 11.0. The summed E-state index contributed by atoms with van der Waals surface area (Å²) in [7, 11) is 0. The third kappa shape index (κ3) is 13.2. The van der Waals surface area contributed by atoms with Gasteiger partial charge in [0, 0.05) is 13.8 Å². The first-order valence-corrected chi connectivity index (χ1v) is 15.4. The van der Waals surface area contributed by atoms with E-state index >= 15 is 0 Å². The van der Waals surface area contributed by atoms with Gasteiger partial charge in [0.25, 0.3) is 0 Å². The minimum Gasteiger partial charge on any atom is -0.496 e. The van der Waals surface area contributed by atoms with Crippen LogP contribution in [0.15, 0.2) is 73.0 Å². The van der Waals surface area contributed by atoms with Crippen LogP contribution >= 0.6 is 0 Å². The van der Waals surface area contributed by atoms with E-state index in [0.29, 0.717) is 12.8 Å². The molecule has 4 rings (SSSR count). The van der Waals surface area contributed by atoms with Gasteiger partial charge in [-0.2, -0.15) is 0 Å². The van der Waals surface area contributed by atoms with Crippen LogP contribution in [0.5, 0.6) is 0 Å². The Labute approximate surface area is 269 Å². The minimum absolute atomic E-state index is 0.0225. The van der Waals surface area contributed by atoms with Gasteiger partial charge < -0.3 is 39.1 Å². The summed E-state index contributed by atoms with van der Waals surface area (Å²) in [6, 6.07) is 18.5. The van der Waals surface area contributed by atoms with Gasteiger partial charge in [0.05, 0.1) is 24.4 Å². The first kappa shape index (κ1) is 35.9. The molecule has 2 heterocycles. The second kappa shape index (κ2) is 19.1. The van der Waals surface area contributed by atoms with Crippen LogP contribution in [0.25, 0.3) is 0 Å². The first-order chi connectivity index (χ1) is 22.1. The quantitative estimate of drug-likeness (QED) is 0.259. The molecule has 250 valence electrons. The summed E-state index contributed by atoms with van der Waals surface area (Å²) in [4.78, 5) is 46.1. The predicted octanol–water partition coefficient (Wildman–Crippen LogP) is 5.30. The highest BCUT2D eigenvalue weighted by Gasteiger charge is 2.38. The molecule has 0 aromatic heterocycles. The maximum absolute atomic E-state index is 12.0. The molecule has 46 heavy (non-hydrogen) atoms. The number of nitrogens with one attached hydrogen (secondary N) is 2. The van der Waals surface area contributed by atoms with Crippen molar-refractivity contribution in [1.29, 1.82) is 0 Å². The van der Waals surface area contributed by atoms with Crippen LogP contribution in [0.4, 0.5) is 9.59 Å². The normalized spacial score (nSPS) is 21.5. The molecule has 0 aliphatic carbocycles. The summed E-state index contributed by atoms with van der Waals surface area (Å²) >= 11 is 0. The Morgan fingerprint density at radius 1 is 0.739 bits per heavy atom. The van der Waals surface area contributed by atoms with E-state index in [9.17, 15) is 19.2 Å². The molecule has 6 atom stereocenters. The van der Waals surface area contributed by atoms with Crippen molar-refractivity contribution >= 4 is 24.1 Å². The number of esters is 2. The molecule has 2 unspecified atom stereocenters. The first-order valence-electron chi connectivity index (χ1n) is 15.4. The van der Waals surface area contributed by atoms with Crippen molar-refractivity contribution in [2.24, 2.45) is 0 Å². The van der Waals surface area contributed by atoms with Gasteiger partial charge in [-0.05, 0) is 56.7 Å². The Hall–Kier alpha value is -4.58. The molecular weight excluding hydrogens is 596 g/mol. The molecule has 0 radical (unpaired) electrons. The molecule has 12 heteroatoms. The third-order valence-electron chi connectivity index (χ3n) is 7.15. The van der Waals surface area contributed by atoms with Crippen molar-refractivity contribution < 1.29 is 47.6 Å². The molecule has 2 aromatic rings. The van der Waals surface area contributed by atoms with Crippen molar-refractivity contribution in [2.45, 2.75) is 103 Å². The maximum atomic E-state index is 12.0. The predicted molar refractivity (Wildman–Crippen MR) is 167 cm³/mol. The summed E-state index contributed by atoms with van der Waals surface area (Å²) in [5.74, 6) is -1.02. The minimum atomic E-state index is -1.00. The number of rotatable bonds is 10. The van der Waals surface area contributed by atoms with Crippen LogP contribution < -0.4 is 10.6 Å². The number of hydrogen-bond donors (Lipinski definition) is 2. The van der Waals surface area contributed by atoms with E-state index in [1.807, 2.05) is 73.7 Å². The fraction of sp³-hybridized carbons (Fsp3) is 0.471. The third-order valence-corrected chi connectivity index (χ3v) is 7.15. The van der Waals surface area contributed by atoms with E-state index in [-0.39, 0.29) is 31.4 Å².